The maximum Gasteiger partial charge on any atom is 4.00 e. The minimum atomic E-state index is -1.60. The fourth-order valence-electron chi connectivity index (χ4n) is 2.32. The largest absolute Gasteiger partial charge is 4.00 e. The second kappa shape index (κ2) is 18.2. The number of ether oxygens (including phenoxy) is 2. The molecular weight excluding hydrogens is 568 g/mol. The standard InChI is InChI=1S/2C9H7F4O.2C5H5.Ti/c2*1-4(2)14-9-7(12)5(10)3-6(11)8(9)13;2*1-2-4-5-3-1;/h2*4H,1-2H3;2*1-5H;/q4*-1;+4. The summed E-state index contributed by atoms with van der Waals surface area (Å²) in [7, 11) is 0. The van der Waals surface area contributed by atoms with Crippen LogP contribution in [-0.2, 0) is 21.7 Å². The Bertz CT molecular complexity index is 1030. The topological polar surface area (TPSA) is 18.5 Å². The Kier molecular flexibility index (Phi) is 16.8. The van der Waals surface area contributed by atoms with Gasteiger partial charge in [0.1, 0.15) is 0 Å². The summed E-state index contributed by atoms with van der Waals surface area (Å²) < 4.78 is 111. The zero-order valence-corrected chi connectivity index (χ0v) is 22.8. The van der Waals surface area contributed by atoms with Crippen LogP contribution in [0, 0.1) is 58.7 Å². The average Bonchev–Trinajstić information content (AvgIpc) is 3.61. The molecule has 0 aliphatic heterocycles. The van der Waals surface area contributed by atoms with Crippen molar-refractivity contribution in [3.8, 4) is 11.5 Å². The van der Waals surface area contributed by atoms with Crippen molar-refractivity contribution < 1.29 is 66.3 Å². The molecule has 0 radical (unpaired) electrons. The predicted molar refractivity (Wildman–Crippen MR) is 126 cm³/mol. The van der Waals surface area contributed by atoms with Crippen molar-refractivity contribution in [2.45, 2.75) is 39.9 Å². The SMILES string of the molecule is CC(C)Oc1c(F)c(F)[c-]c(F)c1F.CC(C)Oc1c(F)c(F)[c-]c(F)c1F.[Ti+4].c1cc[cH-]c1.c1cc[cH-]c1. The first-order chi connectivity index (χ1) is 17.9. The van der Waals surface area contributed by atoms with Crippen molar-refractivity contribution in [2.75, 3.05) is 0 Å². The first kappa shape index (κ1) is 35.9. The first-order valence-electron chi connectivity index (χ1n) is 11.0. The number of hydrogen-bond acceptors (Lipinski definition) is 2. The van der Waals surface area contributed by atoms with Crippen LogP contribution < -0.4 is 9.47 Å². The second-order valence-electron chi connectivity index (χ2n) is 7.68. The van der Waals surface area contributed by atoms with Crippen LogP contribution >= 0.6 is 0 Å². The monoisotopic (exact) mass is 592 g/mol. The van der Waals surface area contributed by atoms with E-state index in [1.54, 1.807) is 0 Å². The Morgan fingerprint density at radius 2 is 0.744 bits per heavy atom. The van der Waals surface area contributed by atoms with Crippen LogP contribution in [0.5, 0.6) is 11.5 Å². The molecule has 0 bridgehead atoms. The Hall–Kier alpha value is -3.11. The molecule has 0 atom stereocenters. The van der Waals surface area contributed by atoms with E-state index in [0.717, 1.165) is 0 Å². The van der Waals surface area contributed by atoms with E-state index in [-0.39, 0.29) is 21.7 Å². The van der Waals surface area contributed by atoms with Crippen molar-refractivity contribution in [1.82, 2.24) is 0 Å². The summed E-state index contributed by atoms with van der Waals surface area (Å²) in [5, 5.41) is 0. The van der Waals surface area contributed by atoms with E-state index in [9.17, 15) is 35.1 Å². The van der Waals surface area contributed by atoms with Crippen LogP contribution in [0.2, 0.25) is 0 Å². The molecular formula is C28H24F8O2Ti. The van der Waals surface area contributed by atoms with Gasteiger partial charge in [-0.3, -0.25) is 17.6 Å². The van der Waals surface area contributed by atoms with E-state index in [1.165, 1.54) is 39.8 Å². The molecule has 0 spiro atoms. The maximum absolute atomic E-state index is 12.9. The molecule has 0 aromatic heterocycles. The minimum Gasteiger partial charge on any atom is -0.510 e. The van der Waals surface area contributed by atoms with Gasteiger partial charge in [0.05, 0.1) is 70.2 Å². The molecule has 0 heterocycles. The van der Waals surface area contributed by atoms with Gasteiger partial charge < -0.3 is 9.47 Å². The fourth-order valence-corrected chi connectivity index (χ4v) is 2.32. The first-order valence-corrected chi connectivity index (χ1v) is 11.0. The molecule has 208 valence electrons. The number of halogens is 8. The van der Waals surface area contributed by atoms with Crippen molar-refractivity contribution in [1.29, 1.82) is 0 Å². The Balaban J connectivity index is 0.000000537. The summed E-state index contributed by atoms with van der Waals surface area (Å²) in [4.78, 5) is 0. The molecule has 0 fully saturated rings. The summed E-state index contributed by atoms with van der Waals surface area (Å²) in [6.45, 7) is 5.91. The Morgan fingerprint density at radius 1 is 0.513 bits per heavy atom. The summed E-state index contributed by atoms with van der Waals surface area (Å²) in [5.41, 5.74) is 0. The number of benzene rings is 2. The van der Waals surface area contributed by atoms with Gasteiger partial charge in [0.25, 0.3) is 0 Å². The third-order valence-electron chi connectivity index (χ3n) is 3.83. The zero-order chi connectivity index (χ0) is 28.8. The summed E-state index contributed by atoms with van der Waals surface area (Å²) >= 11 is 0. The molecule has 11 heteroatoms. The van der Waals surface area contributed by atoms with Crippen molar-refractivity contribution in [2.24, 2.45) is 0 Å². The summed E-state index contributed by atoms with van der Waals surface area (Å²) in [5.74, 6) is -14.8. The smallest absolute Gasteiger partial charge is 0.510 e. The van der Waals surface area contributed by atoms with E-state index in [1.807, 2.05) is 60.7 Å². The van der Waals surface area contributed by atoms with Gasteiger partial charge in [-0.2, -0.15) is 36.4 Å². The van der Waals surface area contributed by atoms with Gasteiger partial charge in [0.15, 0.2) is 0 Å². The molecule has 4 aromatic rings. The van der Waals surface area contributed by atoms with Gasteiger partial charge in [0.2, 0.25) is 0 Å². The molecule has 0 saturated carbocycles. The minimum absolute atomic E-state index is 0. The summed E-state index contributed by atoms with van der Waals surface area (Å²) in [6, 6.07) is 22.5. The van der Waals surface area contributed by atoms with Gasteiger partial charge in [-0.25, -0.2) is 41.8 Å². The number of rotatable bonds is 4. The fraction of sp³-hybridized carbons (Fsp3) is 0.214. The molecule has 0 aliphatic carbocycles. The maximum atomic E-state index is 12.9. The normalized spacial score (nSPS) is 9.79. The van der Waals surface area contributed by atoms with Crippen LogP contribution in [0.3, 0.4) is 0 Å². The number of hydrogen-bond donors (Lipinski definition) is 0. The van der Waals surface area contributed by atoms with Crippen LogP contribution in [-0.4, -0.2) is 12.2 Å². The summed E-state index contributed by atoms with van der Waals surface area (Å²) in [6.07, 6.45) is -1.17. The predicted octanol–water partition coefficient (Wildman–Crippen LogP) is 8.47. The van der Waals surface area contributed by atoms with E-state index in [2.05, 4.69) is 9.47 Å². The quantitative estimate of drug-likeness (QED) is 0.103. The van der Waals surface area contributed by atoms with Gasteiger partial charge in [-0.05, 0) is 27.7 Å². The molecule has 2 nitrogen and oxygen atoms in total. The molecule has 0 saturated heterocycles. The average molecular weight is 592 g/mol. The van der Waals surface area contributed by atoms with Crippen LogP contribution in [0.25, 0.3) is 0 Å². The van der Waals surface area contributed by atoms with E-state index < -0.39 is 70.2 Å². The van der Waals surface area contributed by atoms with Crippen LogP contribution in [0.15, 0.2) is 60.7 Å². The zero-order valence-electron chi connectivity index (χ0n) is 21.3. The molecule has 0 aliphatic rings. The van der Waals surface area contributed by atoms with Crippen molar-refractivity contribution >= 4 is 0 Å². The van der Waals surface area contributed by atoms with Gasteiger partial charge in [-0.15, -0.1) is 12.1 Å². The van der Waals surface area contributed by atoms with Crippen molar-refractivity contribution in [3.05, 3.63) is 119 Å². The molecule has 4 aromatic carbocycles. The molecule has 4 rings (SSSR count). The van der Waals surface area contributed by atoms with Crippen molar-refractivity contribution in [3.63, 3.8) is 0 Å². The molecule has 0 N–H and O–H groups in total. The van der Waals surface area contributed by atoms with Crippen LogP contribution in [0.1, 0.15) is 27.7 Å². The third kappa shape index (κ3) is 12.5. The van der Waals surface area contributed by atoms with Gasteiger partial charge in [-0.1, -0.05) is 0 Å². The third-order valence-corrected chi connectivity index (χ3v) is 3.83. The van der Waals surface area contributed by atoms with E-state index >= 15 is 0 Å². The molecule has 0 unspecified atom stereocenters. The van der Waals surface area contributed by atoms with Crippen LogP contribution in [0.4, 0.5) is 35.1 Å². The Morgan fingerprint density at radius 3 is 0.897 bits per heavy atom. The van der Waals surface area contributed by atoms with E-state index in [4.69, 9.17) is 0 Å². The second-order valence-corrected chi connectivity index (χ2v) is 7.68. The van der Waals surface area contributed by atoms with Gasteiger partial charge in [0, 0.05) is 0 Å². The Labute approximate surface area is 236 Å². The van der Waals surface area contributed by atoms with Gasteiger partial charge >= 0.3 is 21.7 Å². The van der Waals surface area contributed by atoms with E-state index in [0.29, 0.717) is 0 Å². The molecule has 0 amide bonds. The molecule has 39 heavy (non-hydrogen) atoms.